The van der Waals surface area contributed by atoms with E-state index in [2.05, 4.69) is 46.3 Å². The van der Waals surface area contributed by atoms with Gasteiger partial charge in [-0.15, -0.1) is 0 Å². The molecule has 2 saturated heterocycles. The second-order valence-corrected chi connectivity index (χ2v) is 12.1. The number of benzene rings is 3. The number of aromatic nitrogens is 2. The van der Waals surface area contributed by atoms with Gasteiger partial charge in [-0.1, -0.05) is 54.6 Å². The van der Waals surface area contributed by atoms with Crippen LogP contribution in [-0.2, 0) is 17.6 Å². The summed E-state index contributed by atoms with van der Waals surface area (Å²) in [6.45, 7) is 3.78. The van der Waals surface area contributed by atoms with Crippen LogP contribution < -0.4 is 0 Å². The fourth-order valence-electron chi connectivity index (χ4n) is 7.55. The molecule has 0 amide bonds. The molecule has 4 nitrogen and oxygen atoms in total. The van der Waals surface area contributed by atoms with Crippen molar-refractivity contribution >= 4 is 11.0 Å². The van der Waals surface area contributed by atoms with Gasteiger partial charge in [0.15, 0.2) is 0 Å². The van der Waals surface area contributed by atoms with E-state index in [0.717, 1.165) is 64.9 Å². The molecule has 41 heavy (non-hydrogen) atoms. The summed E-state index contributed by atoms with van der Waals surface area (Å²) in [6, 6.07) is 24.6. The number of rotatable bonds is 4. The quantitative estimate of drug-likeness (QED) is 0.236. The Labute approximate surface area is 240 Å². The van der Waals surface area contributed by atoms with Crippen molar-refractivity contribution in [2.24, 2.45) is 0 Å². The lowest BCUT2D eigenvalue weighted by atomic mass is 9.87. The van der Waals surface area contributed by atoms with Gasteiger partial charge in [-0.3, -0.25) is 4.90 Å². The van der Waals surface area contributed by atoms with Crippen molar-refractivity contribution in [2.45, 2.75) is 57.2 Å². The van der Waals surface area contributed by atoms with E-state index < -0.39 is 0 Å². The molecule has 2 aromatic heterocycles. The van der Waals surface area contributed by atoms with Crippen LogP contribution in [0, 0.1) is 12.7 Å². The van der Waals surface area contributed by atoms with Gasteiger partial charge in [-0.2, -0.15) is 0 Å². The molecule has 2 aliphatic heterocycles. The second-order valence-electron chi connectivity index (χ2n) is 12.1. The van der Waals surface area contributed by atoms with Gasteiger partial charge < -0.3 is 9.72 Å². The smallest absolute Gasteiger partial charge is 0.137 e. The van der Waals surface area contributed by atoms with Crippen molar-refractivity contribution in [2.75, 3.05) is 13.2 Å². The van der Waals surface area contributed by atoms with Gasteiger partial charge in [0.2, 0.25) is 0 Å². The van der Waals surface area contributed by atoms with Crippen molar-refractivity contribution in [3.8, 4) is 33.4 Å². The van der Waals surface area contributed by atoms with Gasteiger partial charge in [0.1, 0.15) is 11.5 Å². The predicted octanol–water partition coefficient (Wildman–Crippen LogP) is 7.73. The van der Waals surface area contributed by atoms with E-state index in [0.29, 0.717) is 23.7 Å². The van der Waals surface area contributed by atoms with Crippen molar-refractivity contribution in [3.63, 3.8) is 0 Å². The molecule has 3 atom stereocenters. The van der Waals surface area contributed by atoms with E-state index in [9.17, 15) is 4.39 Å². The number of halogens is 1. The number of aryl methyl sites for hydroxylation is 3. The molecule has 0 saturated carbocycles. The van der Waals surface area contributed by atoms with E-state index >= 15 is 0 Å². The Hall–Kier alpha value is -3.80. The van der Waals surface area contributed by atoms with Crippen molar-refractivity contribution < 1.29 is 9.13 Å². The van der Waals surface area contributed by atoms with Gasteiger partial charge in [-0.25, -0.2) is 9.37 Å². The maximum absolute atomic E-state index is 14.6. The summed E-state index contributed by atoms with van der Waals surface area (Å²) in [6.07, 6.45) is 10.1. The average Bonchev–Trinajstić information content (AvgIpc) is 3.31. The Morgan fingerprint density at radius 3 is 2.37 bits per heavy atom. The first kappa shape index (κ1) is 25.0. The summed E-state index contributed by atoms with van der Waals surface area (Å²) in [5, 5.41) is 1.10. The average molecular weight is 544 g/mol. The first-order valence-electron chi connectivity index (χ1n) is 14.9. The normalized spacial score (nSPS) is 22.2. The van der Waals surface area contributed by atoms with Crippen LogP contribution >= 0.6 is 0 Å². The Morgan fingerprint density at radius 2 is 1.59 bits per heavy atom. The molecule has 2 fully saturated rings. The number of H-pyrrole nitrogens is 1. The molecule has 2 unspecified atom stereocenters. The van der Waals surface area contributed by atoms with Crippen LogP contribution in [0.4, 0.5) is 4.39 Å². The van der Waals surface area contributed by atoms with Gasteiger partial charge in [0.25, 0.3) is 0 Å². The van der Waals surface area contributed by atoms with E-state index in [1.807, 2.05) is 37.5 Å². The predicted molar refractivity (Wildman–Crippen MR) is 162 cm³/mol. The minimum Gasteiger partial charge on any atom is -0.378 e. The lowest BCUT2D eigenvalue weighted by Crippen LogP contribution is -2.66. The Bertz CT molecular complexity index is 1720. The lowest BCUT2D eigenvalue weighted by molar-refractivity contribution is -0.148. The summed E-state index contributed by atoms with van der Waals surface area (Å²) in [5.74, 6) is -0.187. The number of morpholine rings is 1. The van der Waals surface area contributed by atoms with Crippen LogP contribution in [0.5, 0.6) is 0 Å². The largest absolute Gasteiger partial charge is 0.378 e. The van der Waals surface area contributed by atoms with Crippen LogP contribution in [0.25, 0.3) is 44.4 Å². The number of hydrogen-bond donors (Lipinski definition) is 1. The maximum Gasteiger partial charge on any atom is 0.137 e. The molecule has 8 rings (SSSR count). The fourth-order valence-corrected chi connectivity index (χ4v) is 7.55. The van der Waals surface area contributed by atoms with Gasteiger partial charge in [0, 0.05) is 52.6 Å². The molecular formula is C36H34FN3O. The van der Waals surface area contributed by atoms with Crippen molar-refractivity contribution in [3.05, 3.63) is 102 Å². The second kappa shape index (κ2) is 9.93. The summed E-state index contributed by atoms with van der Waals surface area (Å²) in [4.78, 5) is 10.9. The number of ether oxygens (including phenoxy) is 1. The number of hydrogen-bond acceptors (Lipinski definition) is 3. The minimum absolute atomic E-state index is 0.187. The zero-order chi connectivity index (χ0) is 27.5. The molecule has 1 N–H and O–H groups in total. The third-order valence-electron chi connectivity index (χ3n) is 9.70. The van der Waals surface area contributed by atoms with Crippen LogP contribution in [0.15, 0.2) is 79.1 Å². The highest BCUT2D eigenvalue weighted by Gasteiger charge is 2.45. The number of fused-ring (bicyclic) bond motifs is 4. The van der Waals surface area contributed by atoms with Crippen LogP contribution in [0.1, 0.15) is 36.0 Å². The van der Waals surface area contributed by atoms with Crippen molar-refractivity contribution in [1.29, 1.82) is 0 Å². The van der Waals surface area contributed by atoms with E-state index in [1.54, 1.807) is 6.07 Å². The van der Waals surface area contributed by atoms with E-state index in [1.165, 1.54) is 42.0 Å². The zero-order valence-corrected chi connectivity index (χ0v) is 23.4. The van der Waals surface area contributed by atoms with Crippen LogP contribution in [-0.4, -0.2) is 46.2 Å². The molecule has 5 aromatic rings. The van der Waals surface area contributed by atoms with Gasteiger partial charge in [-0.05, 0) is 84.5 Å². The summed E-state index contributed by atoms with van der Waals surface area (Å²) < 4.78 is 20.3. The number of aromatic amines is 1. The highest BCUT2D eigenvalue weighted by Crippen LogP contribution is 2.38. The van der Waals surface area contributed by atoms with Crippen LogP contribution in [0.3, 0.4) is 0 Å². The molecule has 0 radical (unpaired) electrons. The Morgan fingerprint density at radius 1 is 0.829 bits per heavy atom. The van der Waals surface area contributed by atoms with E-state index in [4.69, 9.17) is 9.72 Å². The SMILES string of the molecule is Cc1cccc(F)c1-c1ccc(-c2c[nH]c3ncc(-c4ccc5c(c4)CC[C@@H](N4C6COCC4C6)CC5)cc23)cc1. The highest BCUT2D eigenvalue weighted by atomic mass is 19.1. The molecule has 1 aliphatic carbocycles. The molecule has 4 heterocycles. The third-order valence-corrected chi connectivity index (χ3v) is 9.70. The van der Waals surface area contributed by atoms with Crippen LogP contribution in [0.2, 0.25) is 0 Å². The monoisotopic (exact) mass is 543 g/mol. The maximum atomic E-state index is 14.6. The van der Waals surface area contributed by atoms with Crippen molar-refractivity contribution in [1.82, 2.24) is 14.9 Å². The number of nitrogens with zero attached hydrogens (tertiary/aromatic N) is 2. The fraction of sp³-hybridized carbons (Fsp3) is 0.306. The molecule has 3 aliphatic rings. The number of nitrogens with one attached hydrogen (secondary N) is 1. The highest BCUT2D eigenvalue weighted by molar-refractivity contribution is 5.96. The summed E-state index contributed by atoms with van der Waals surface area (Å²) >= 11 is 0. The van der Waals surface area contributed by atoms with Gasteiger partial charge in [0.05, 0.1) is 13.2 Å². The number of pyridine rings is 1. The van der Waals surface area contributed by atoms with Gasteiger partial charge >= 0.3 is 0 Å². The molecule has 2 bridgehead atoms. The Kier molecular flexibility index (Phi) is 6.04. The first-order chi connectivity index (χ1) is 20.1. The third kappa shape index (κ3) is 4.30. The molecule has 0 spiro atoms. The topological polar surface area (TPSA) is 41.2 Å². The standard InChI is InChI=1S/C36H34FN3O/c1-22-3-2-4-34(37)35(22)25-8-6-24(7-9-25)33-19-39-36-32(33)16-28(18-38-36)27-10-5-23-11-13-29(14-12-26(23)15-27)40-30-17-31(40)21-41-20-30/h2-10,15-16,18-19,29-31H,11-14,17,20-21H2,1H3,(H,38,39)/t29-,30?,31?/m0/s1. The summed E-state index contributed by atoms with van der Waals surface area (Å²) in [5.41, 5.74) is 10.9. The minimum atomic E-state index is -0.187. The molecule has 3 aromatic carbocycles. The molecule has 206 valence electrons. The zero-order valence-electron chi connectivity index (χ0n) is 23.4. The molecule has 5 heteroatoms. The summed E-state index contributed by atoms with van der Waals surface area (Å²) in [7, 11) is 0. The lowest BCUT2D eigenvalue weighted by Gasteiger charge is -2.56. The molecular weight excluding hydrogens is 509 g/mol. The van der Waals surface area contributed by atoms with E-state index in [-0.39, 0.29) is 5.82 Å². The first-order valence-corrected chi connectivity index (χ1v) is 14.9. The Balaban J connectivity index is 1.07.